The zero-order valence-electron chi connectivity index (χ0n) is 11.7. The van der Waals surface area contributed by atoms with E-state index in [4.69, 9.17) is 5.84 Å². The minimum absolute atomic E-state index is 0.0139. The number of nitro benzene ring substituents is 1. The second-order valence-corrected chi connectivity index (χ2v) is 4.47. The minimum Gasteiger partial charge on any atom is -0.349 e. The second kappa shape index (κ2) is 7.44. The van der Waals surface area contributed by atoms with Crippen LogP contribution < -0.4 is 16.6 Å². The van der Waals surface area contributed by atoms with E-state index in [0.717, 1.165) is 19.3 Å². The molecule has 0 aromatic heterocycles. The van der Waals surface area contributed by atoms with Crippen LogP contribution in [0.15, 0.2) is 18.2 Å². The lowest BCUT2D eigenvalue weighted by Crippen LogP contribution is -2.34. The zero-order chi connectivity index (χ0) is 15.1. The van der Waals surface area contributed by atoms with Crippen molar-refractivity contribution in [2.45, 2.75) is 39.2 Å². The molecule has 1 aromatic rings. The van der Waals surface area contributed by atoms with Gasteiger partial charge in [0.2, 0.25) is 0 Å². The molecular formula is C13H20N4O3. The van der Waals surface area contributed by atoms with Crippen molar-refractivity contribution in [1.29, 1.82) is 0 Å². The standard InChI is InChI=1S/C13H20N4O3/c1-3-6-9(4-2)15-13(18)10-7-5-8-11(16-14)12(10)17(19)20/h5,7-9,16H,3-4,6,14H2,1-2H3,(H,15,18). The number of hydrogen-bond acceptors (Lipinski definition) is 5. The number of hydrogen-bond donors (Lipinski definition) is 3. The van der Waals surface area contributed by atoms with Gasteiger partial charge in [0, 0.05) is 6.04 Å². The van der Waals surface area contributed by atoms with Gasteiger partial charge in [-0.3, -0.25) is 20.8 Å². The summed E-state index contributed by atoms with van der Waals surface area (Å²) in [5.41, 5.74) is 2.07. The highest BCUT2D eigenvalue weighted by Gasteiger charge is 2.25. The first-order valence-corrected chi connectivity index (χ1v) is 6.59. The van der Waals surface area contributed by atoms with E-state index in [1.807, 2.05) is 13.8 Å². The normalized spacial score (nSPS) is 11.8. The number of nitrogens with one attached hydrogen (secondary N) is 2. The van der Waals surface area contributed by atoms with E-state index in [1.165, 1.54) is 12.1 Å². The number of rotatable bonds is 7. The topological polar surface area (TPSA) is 110 Å². The lowest BCUT2D eigenvalue weighted by atomic mass is 10.1. The third kappa shape index (κ3) is 3.67. The molecule has 0 fully saturated rings. The molecule has 0 spiro atoms. The van der Waals surface area contributed by atoms with Crippen LogP contribution in [-0.2, 0) is 0 Å². The van der Waals surface area contributed by atoms with Crippen LogP contribution in [0.2, 0.25) is 0 Å². The molecule has 0 saturated carbocycles. The Hall–Kier alpha value is -2.15. The predicted molar refractivity (Wildman–Crippen MR) is 77.4 cm³/mol. The Balaban J connectivity index is 3.06. The molecule has 0 aliphatic carbocycles. The van der Waals surface area contributed by atoms with Gasteiger partial charge in [-0.15, -0.1) is 0 Å². The summed E-state index contributed by atoms with van der Waals surface area (Å²) in [5, 5.41) is 13.9. The maximum absolute atomic E-state index is 12.2. The number of amides is 1. The van der Waals surface area contributed by atoms with Crippen LogP contribution in [0.3, 0.4) is 0 Å². The van der Waals surface area contributed by atoms with Crippen molar-refractivity contribution in [3.8, 4) is 0 Å². The van der Waals surface area contributed by atoms with Crippen LogP contribution in [-0.4, -0.2) is 16.9 Å². The fourth-order valence-electron chi connectivity index (χ4n) is 2.03. The van der Waals surface area contributed by atoms with E-state index in [-0.39, 0.29) is 23.0 Å². The summed E-state index contributed by atoms with van der Waals surface area (Å²) in [4.78, 5) is 22.7. The van der Waals surface area contributed by atoms with Gasteiger partial charge in [-0.25, -0.2) is 0 Å². The lowest BCUT2D eigenvalue weighted by Gasteiger charge is -2.16. The Morgan fingerprint density at radius 1 is 1.45 bits per heavy atom. The van der Waals surface area contributed by atoms with Crippen LogP contribution in [0, 0.1) is 10.1 Å². The van der Waals surface area contributed by atoms with Crippen molar-refractivity contribution in [2.75, 3.05) is 5.43 Å². The Morgan fingerprint density at radius 3 is 2.65 bits per heavy atom. The first-order chi connectivity index (χ1) is 9.54. The molecule has 4 N–H and O–H groups in total. The van der Waals surface area contributed by atoms with Gasteiger partial charge in [0.15, 0.2) is 0 Å². The average Bonchev–Trinajstić information content (AvgIpc) is 2.45. The van der Waals surface area contributed by atoms with Gasteiger partial charge < -0.3 is 10.7 Å². The molecule has 7 nitrogen and oxygen atoms in total. The van der Waals surface area contributed by atoms with Gasteiger partial charge in [-0.05, 0) is 25.0 Å². The fraction of sp³-hybridized carbons (Fsp3) is 0.462. The summed E-state index contributed by atoms with van der Waals surface area (Å²) >= 11 is 0. The summed E-state index contributed by atoms with van der Waals surface area (Å²) in [6.45, 7) is 3.99. The monoisotopic (exact) mass is 280 g/mol. The maximum Gasteiger partial charge on any atom is 0.306 e. The number of nitrogens with two attached hydrogens (primary N) is 1. The largest absolute Gasteiger partial charge is 0.349 e. The van der Waals surface area contributed by atoms with Crippen molar-refractivity contribution in [2.24, 2.45) is 5.84 Å². The SMILES string of the molecule is CCCC(CC)NC(=O)c1cccc(NN)c1[N+](=O)[O-]. The second-order valence-electron chi connectivity index (χ2n) is 4.47. The predicted octanol–water partition coefficient (Wildman–Crippen LogP) is 2.19. The number of benzene rings is 1. The molecule has 0 radical (unpaired) electrons. The zero-order valence-corrected chi connectivity index (χ0v) is 11.7. The number of nitrogens with zero attached hydrogens (tertiary/aromatic N) is 1. The Labute approximate surface area is 117 Å². The molecular weight excluding hydrogens is 260 g/mol. The van der Waals surface area contributed by atoms with Gasteiger partial charge >= 0.3 is 5.69 Å². The molecule has 0 saturated heterocycles. The molecule has 0 bridgehead atoms. The molecule has 0 heterocycles. The Morgan fingerprint density at radius 2 is 2.15 bits per heavy atom. The van der Waals surface area contributed by atoms with E-state index < -0.39 is 10.8 Å². The Kier molecular flexibility index (Phi) is 5.92. The first-order valence-electron chi connectivity index (χ1n) is 6.59. The number of nitrogen functional groups attached to an aromatic ring is 1. The van der Waals surface area contributed by atoms with Crippen LogP contribution in [0.5, 0.6) is 0 Å². The van der Waals surface area contributed by atoms with Crippen LogP contribution in [0.1, 0.15) is 43.5 Å². The molecule has 1 rings (SSSR count). The molecule has 20 heavy (non-hydrogen) atoms. The van der Waals surface area contributed by atoms with Gasteiger partial charge in [0.1, 0.15) is 11.3 Å². The highest BCUT2D eigenvalue weighted by atomic mass is 16.6. The molecule has 1 unspecified atom stereocenters. The first kappa shape index (κ1) is 15.9. The lowest BCUT2D eigenvalue weighted by molar-refractivity contribution is -0.384. The van der Waals surface area contributed by atoms with E-state index in [0.29, 0.717) is 0 Å². The number of carbonyl (C=O) groups excluding carboxylic acids is 1. The summed E-state index contributed by atoms with van der Waals surface area (Å²) < 4.78 is 0. The summed E-state index contributed by atoms with van der Waals surface area (Å²) in [6, 6.07) is 4.45. The smallest absolute Gasteiger partial charge is 0.306 e. The van der Waals surface area contributed by atoms with Gasteiger partial charge in [0.05, 0.1) is 4.92 Å². The molecule has 1 amide bonds. The van der Waals surface area contributed by atoms with E-state index in [2.05, 4.69) is 10.7 Å². The highest BCUT2D eigenvalue weighted by Crippen LogP contribution is 2.27. The summed E-state index contributed by atoms with van der Waals surface area (Å²) in [5.74, 6) is 4.80. The maximum atomic E-state index is 12.2. The van der Waals surface area contributed by atoms with Crippen molar-refractivity contribution >= 4 is 17.3 Å². The van der Waals surface area contributed by atoms with Crippen molar-refractivity contribution < 1.29 is 9.72 Å². The number of nitro groups is 1. The third-order valence-electron chi connectivity index (χ3n) is 3.08. The van der Waals surface area contributed by atoms with Crippen LogP contribution >= 0.6 is 0 Å². The van der Waals surface area contributed by atoms with Crippen molar-refractivity contribution in [3.05, 3.63) is 33.9 Å². The van der Waals surface area contributed by atoms with E-state index in [9.17, 15) is 14.9 Å². The van der Waals surface area contributed by atoms with E-state index in [1.54, 1.807) is 6.07 Å². The molecule has 0 aliphatic heterocycles. The van der Waals surface area contributed by atoms with Crippen LogP contribution in [0.4, 0.5) is 11.4 Å². The third-order valence-corrected chi connectivity index (χ3v) is 3.08. The van der Waals surface area contributed by atoms with E-state index >= 15 is 0 Å². The van der Waals surface area contributed by atoms with Crippen LogP contribution in [0.25, 0.3) is 0 Å². The van der Waals surface area contributed by atoms with Gasteiger partial charge in [-0.1, -0.05) is 26.3 Å². The van der Waals surface area contributed by atoms with Gasteiger partial charge in [-0.2, -0.15) is 0 Å². The number of hydrazine groups is 1. The average molecular weight is 280 g/mol. The van der Waals surface area contributed by atoms with Gasteiger partial charge in [0.25, 0.3) is 5.91 Å². The molecule has 1 atom stereocenters. The molecule has 7 heteroatoms. The molecule has 0 aliphatic rings. The summed E-state index contributed by atoms with van der Waals surface area (Å²) in [6.07, 6.45) is 2.55. The quantitative estimate of drug-likeness (QED) is 0.403. The molecule has 110 valence electrons. The molecule has 1 aromatic carbocycles. The van der Waals surface area contributed by atoms with Crippen molar-refractivity contribution in [3.63, 3.8) is 0 Å². The Bertz CT molecular complexity index is 491. The minimum atomic E-state index is -0.606. The number of anilines is 1. The highest BCUT2D eigenvalue weighted by molar-refractivity contribution is 6.00. The summed E-state index contributed by atoms with van der Waals surface area (Å²) in [7, 11) is 0. The number of para-hydroxylation sites is 1. The number of carbonyl (C=O) groups is 1. The fourth-order valence-corrected chi connectivity index (χ4v) is 2.03. The van der Waals surface area contributed by atoms with Crippen molar-refractivity contribution in [1.82, 2.24) is 5.32 Å².